The molecule has 4 aromatic carbocycles. The molecule has 26 heavy (non-hydrogen) atoms. The Hall–Kier alpha value is -2.85. The van der Waals surface area contributed by atoms with Crippen LogP contribution in [0.3, 0.4) is 0 Å². The van der Waals surface area contributed by atoms with Crippen LogP contribution in [0.25, 0.3) is 44.0 Å². The van der Waals surface area contributed by atoms with Crippen molar-refractivity contribution in [1.29, 1.82) is 0 Å². The van der Waals surface area contributed by atoms with Gasteiger partial charge in [-0.1, -0.05) is 48.5 Å². The summed E-state index contributed by atoms with van der Waals surface area (Å²) in [5.74, 6) is 1.66. The van der Waals surface area contributed by atoms with E-state index in [0.29, 0.717) is 0 Å². The molecule has 1 aromatic heterocycles. The number of fused-ring (bicyclic) bond motifs is 6. The molecule has 0 atom stereocenters. The number of ether oxygens (including phenoxy) is 1. The van der Waals surface area contributed by atoms with Crippen LogP contribution < -0.4 is 4.74 Å². The number of hydrogen-bond acceptors (Lipinski definition) is 2. The van der Waals surface area contributed by atoms with Crippen molar-refractivity contribution in [3.8, 4) is 17.1 Å². The Balaban J connectivity index is 1.86. The number of benzene rings is 4. The van der Waals surface area contributed by atoms with E-state index in [4.69, 9.17) is 9.72 Å². The number of methoxy groups -OCH3 is 1. The standard InChI is InChI=1S/C22H15BrN2O/c1-26-19-11-10-13(12-18(19)23)22-24-20-16-8-4-2-6-14(16)15-7-3-5-9-17(15)21(20)25-22/h2-12H,1H3,(H,24,25). The van der Waals surface area contributed by atoms with Crippen LogP contribution in [0.4, 0.5) is 0 Å². The molecule has 0 saturated carbocycles. The second kappa shape index (κ2) is 5.85. The molecule has 5 rings (SSSR count). The number of nitrogens with one attached hydrogen (secondary N) is 1. The molecule has 0 aliphatic rings. The van der Waals surface area contributed by atoms with E-state index in [1.807, 2.05) is 18.2 Å². The summed E-state index contributed by atoms with van der Waals surface area (Å²) < 4.78 is 6.24. The zero-order chi connectivity index (χ0) is 17.7. The Kier molecular flexibility index (Phi) is 3.47. The Bertz CT molecular complexity index is 1220. The molecule has 126 valence electrons. The number of imidazole rings is 1. The molecule has 0 bridgehead atoms. The normalized spacial score (nSPS) is 11.5. The van der Waals surface area contributed by atoms with E-state index < -0.39 is 0 Å². The van der Waals surface area contributed by atoms with Crippen LogP contribution in [-0.4, -0.2) is 17.1 Å². The van der Waals surface area contributed by atoms with Gasteiger partial charge in [-0.2, -0.15) is 0 Å². The summed E-state index contributed by atoms with van der Waals surface area (Å²) in [6.07, 6.45) is 0. The predicted molar refractivity (Wildman–Crippen MR) is 111 cm³/mol. The summed E-state index contributed by atoms with van der Waals surface area (Å²) in [5, 5.41) is 4.81. The topological polar surface area (TPSA) is 37.9 Å². The fraction of sp³-hybridized carbons (Fsp3) is 0.0455. The zero-order valence-electron chi connectivity index (χ0n) is 14.1. The average Bonchev–Trinajstić information content (AvgIpc) is 3.14. The van der Waals surface area contributed by atoms with Crippen LogP contribution in [0.2, 0.25) is 0 Å². The Morgan fingerprint density at radius 2 is 1.50 bits per heavy atom. The first-order valence-corrected chi connectivity index (χ1v) is 9.18. The number of H-pyrrole nitrogens is 1. The average molecular weight is 403 g/mol. The number of hydrogen-bond donors (Lipinski definition) is 1. The van der Waals surface area contributed by atoms with Crippen molar-refractivity contribution >= 4 is 48.5 Å². The molecule has 4 heteroatoms. The highest BCUT2D eigenvalue weighted by molar-refractivity contribution is 9.10. The highest BCUT2D eigenvalue weighted by Gasteiger charge is 2.14. The number of rotatable bonds is 2. The summed E-state index contributed by atoms with van der Waals surface area (Å²) in [7, 11) is 1.67. The molecular weight excluding hydrogens is 388 g/mol. The molecule has 5 aromatic rings. The minimum absolute atomic E-state index is 0.806. The lowest BCUT2D eigenvalue weighted by atomic mass is 10.0. The quantitative estimate of drug-likeness (QED) is 0.351. The van der Waals surface area contributed by atoms with Crippen LogP contribution >= 0.6 is 15.9 Å². The van der Waals surface area contributed by atoms with Crippen LogP contribution in [0, 0.1) is 0 Å². The summed E-state index contributed by atoms with van der Waals surface area (Å²) in [5.41, 5.74) is 3.09. The lowest BCUT2D eigenvalue weighted by molar-refractivity contribution is 0.412. The third-order valence-electron chi connectivity index (χ3n) is 4.80. The highest BCUT2D eigenvalue weighted by atomic mass is 79.9. The van der Waals surface area contributed by atoms with E-state index in [0.717, 1.165) is 38.0 Å². The lowest BCUT2D eigenvalue weighted by Gasteiger charge is -2.05. The van der Waals surface area contributed by atoms with Gasteiger partial charge >= 0.3 is 0 Å². The van der Waals surface area contributed by atoms with Gasteiger partial charge in [0.15, 0.2) is 0 Å². The van der Waals surface area contributed by atoms with Crippen molar-refractivity contribution in [3.05, 3.63) is 71.2 Å². The first-order chi connectivity index (χ1) is 12.8. The van der Waals surface area contributed by atoms with Gasteiger partial charge in [0.05, 0.1) is 22.6 Å². The van der Waals surface area contributed by atoms with Crippen LogP contribution in [0.15, 0.2) is 71.2 Å². The Morgan fingerprint density at radius 1 is 0.846 bits per heavy atom. The van der Waals surface area contributed by atoms with E-state index in [1.165, 1.54) is 16.2 Å². The summed E-state index contributed by atoms with van der Waals surface area (Å²) >= 11 is 3.56. The lowest BCUT2D eigenvalue weighted by Crippen LogP contribution is -1.86. The van der Waals surface area contributed by atoms with Gasteiger partial charge in [-0.05, 0) is 44.9 Å². The van der Waals surface area contributed by atoms with Gasteiger partial charge in [-0.25, -0.2) is 4.98 Å². The van der Waals surface area contributed by atoms with E-state index in [9.17, 15) is 0 Å². The fourth-order valence-corrected chi connectivity index (χ4v) is 4.11. The molecule has 1 N–H and O–H groups in total. The van der Waals surface area contributed by atoms with Crippen molar-refractivity contribution in [1.82, 2.24) is 9.97 Å². The molecule has 0 saturated heterocycles. The maximum absolute atomic E-state index is 5.33. The van der Waals surface area contributed by atoms with Gasteiger partial charge < -0.3 is 9.72 Å². The van der Waals surface area contributed by atoms with E-state index in [2.05, 4.69) is 69.4 Å². The first-order valence-electron chi connectivity index (χ1n) is 8.39. The maximum atomic E-state index is 5.33. The molecule has 0 spiro atoms. The van der Waals surface area contributed by atoms with E-state index in [-0.39, 0.29) is 0 Å². The van der Waals surface area contributed by atoms with Crippen molar-refractivity contribution in [2.24, 2.45) is 0 Å². The molecule has 0 radical (unpaired) electrons. The molecule has 0 aliphatic heterocycles. The Labute approximate surface area is 158 Å². The molecule has 0 unspecified atom stereocenters. The SMILES string of the molecule is COc1ccc(-c2nc3c4ccccc4c4ccccc4c3[nH]2)cc1Br. The van der Waals surface area contributed by atoms with Gasteiger partial charge in [-0.3, -0.25) is 0 Å². The van der Waals surface area contributed by atoms with Gasteiger partial charge in [-0.15, -0.1) is 0 Å². The van der Waals surface area contributed by atoms with Crippen LogP contribution in [-0.2, 0) is 0 Å². The van der Waals surface area contributed by atoms with Crippen molar-refractivity contribution in [2.75, 3.05) is 7.11 Å². The van der Waals surface area contributed by atoms with Crippen molar-refractivity contribution in [2.45, 2.75) is 0 Å². The monoisotopic (exact) mass is 402 g/mol. The first kappa shape index (κ1) is 15.4. The summed E-state index contributed by atoms with van der Waals surface area (Å²) in [6, 6.07) is 22.9. The molecule has 1 heterocycles. The third kappa shape index (κ3) is 2.22. The van der Waals surface area contributed by atoms with Crippen molar-refractivity contribution < 1.29 is 4.74 Å². The summed E-state index contributed by atoms with van der Waals surface area (Å²) in [4.78, 5) is 8.48. The number of halogens is 1. The zero-order valence-corrected chi connectivity index (χ0v) is 15.7. The minimum atomic E-state index is 0.806. The highest BCUT2D eigenvalue weighted by Crippen LogP contribution is 2.36. The van der Waals surface area contributed by atoms with Gasteiger partial charge in [0.1, 0.15) is 11.6 Å². The molecule has 0 amide bonds. The van der Waals surface area contributed by atoms with Crippen molar-refractivity contribution in [3.63, 3.8) is 0 Å². The third-order valence-corrected chi connectivity index (χ3v) is 5.42. The smallest absolute Gasteiger partial charge is 0.138 e. The second-order valence-corrected chi connectivity index (χ2v) is 7.10. The number of nitrogens with zero attached hydrogens (tertiary/aromatic N) is 1. The van der Waals surface area contributed by atoms with Crippen LogP contribution in [0.1, 0.15) is 0 Å². The molecular formula is C22H15BrN2O. The maximum Gasteiger partial charge on any atom is 0.138 e. The summed E-state index contributed by atoms with van der Waals surface area (Å²) in [6.45, 7) is 0. The van der Waals surface area contributed by atoms with E-state index in [1.54, 1.807) is 7.11 Å². The molecule has 0 aliphatic carbocycles. The predicted octanol–water partition coefficient (Wildman–Crippen LogP) is 6.31. The van der Waals surface area contributed by atoms with Gasteiger partial charge in [0.25, 0.3) is 0 Å². The van der Waals surface area contributed by atoms with Gasteiger partial charge in [0.2, 0.25) is 0 Å². The second-order valence-electron chi connectivity index (χ2n) is 6.25. The largest absolute Gasteiger partial charge is 0.496 e. The number of aromatic amines is 1. The van der Waals surface area contributed by atoms with Gasteiger partial charge in [0, 0.05) is 16.3 Å². The molecule has 0 fully saturated rings. The minimum Gasteiger partial charge on any atom is -0.496 e. The van der Waals surface area contributed by atoms with E-state index >= 15 is 0 Å². The fourth-order valence-electron chi connectivity index (χ4n) is 3.57. The van der Waals surface area contributed by atoms with Crippen LogP contribution in [0.5, 0.6) is 5.75 Å². The Morgan fingerprint density at radius 3 is 2.19 bits per heavy atom. The number of aromatic nitrogens is 2. The molecule has 3 nitrogen and oxygen atoms in total.